The topological polar surface area (TPSA) is 72.4 Å². The van der Waals surface area contributed by atoms with Crippen LogP contribution in [0.25, 0.3) is 10.6 Å². The highest BCUT2D eigenvalue weighted by Gasteiger charge is 2.50. The lowest BCUT2D eigenvalue weighted by molar-refractivity contribution is 0.00968. The van der Waals surface area contributed by atoms with Crippen molar-refractivity contribution < 1.29 is 14.3 Å². The molecule has 0 saturated carbocycles. The molecule has 1 aliphatic rings. The lowest BCUT2D eigenvalue weighted by Gasteiger charge is -2.32. The van der Waals surface area contributed by atoms with Gasteiger partial charge in [-0.2, -0.15) is 0 Å². The SMILES string of the molecule is CC(C)(C)OC(=O)N1C(=O)c2cc(-c3ccnc(Cl)n3)sc2C1(C)C. The van der Waals surface area contributed by atoms with Gasteiger partial charge in [0.15, 0.2) is 0 Å². The number of aromatic nitrogens is 2. The first-order chi connectivity index (χ1) is 11.5. The minimum Gasteiger partial charge on any atom is -0.443 e. The molecule has 0 unspecified atom stereocenters. The van der Waals surface area contributed by atoms with E-state index in [2.05, 4.69) is 9.97 Å². The first-order valence-corrected chi connectivity index (χ1v) is 8.91. The Morgan fingerprint density at radius 2 is 2.04 bits per heavy atom. The van der Waals surface area contributed by atoms with E-state index in [1.54, 1.807) is 39.1 Å². The second kappa shape index (κ2) is 5.78. The summed E-state index contributed by atoms with van der Waals surface area (Å²) in [6.07, 6.45) is 0.924. The molecule has 1 aliphatic heterocycles. The maximum absolute atomic E-state index is 12.8. The summed E-state index contributed by atoms with van der Waals surface area (Å²) in [5, 5.41) is 0.145. The average Bonchev–Trinajstić information content (AvgIpc) is 2.97. The Hall–Kier alpha value is -1.99. The fourth-order valence-electron chi connectivity index (χ4n) is 2.70. The predicted octanol–water partition coefficient (Wildman–Crippen LogP) is 4.48. The summed E-state index contributed by atoms with van der Waals surface area (Å²) in [6.45, 7) is 8.96. The van der Waals surface area contributed by atoms with Crippen molar-refractivity contribution in [1.29, 1.82) is 0 Å². The van der Waals surface area contributed by atoms with E-state index in [0.717, 1.165) is 9.75 Å². The van der Waals surface area contributed by atoms with Gasteiger partial charge in [0, 0.05) is 11.1 Å². The quantitative estimate of drug-likeness (QED) is 0.683. The summed E-state index contributed by atoms with van der Waals surface area (Å²) in [6, 6.07) is 3.48. The molecule has 8 heteroatoms. The number of nitrogens with zero attached hydrogens (tertiary/aromatic N) is 3. The number of ether oxygens (including phenoxy) is 1. The Bertz CT molecular complexity index is 870. The fraction of sp³-hybridized carbons (Fsp3) is 0.412. The van der Waals surface area contributed by atoms with Crippen LogP contribution in [-0.2, 0) is 10.3 Å². The van der Waals surface area contributed by atoms with E-state index in [9.17, 15) is 9.59 Å². The van der Waals surface area contributed by atoms with E-state index in [4.69, 9.17) is 16.3 Å². The first-order valence-electron chi connectivity index (χ1n) is 7.71. The van der Waals surface area contributed by atoms with Gasteiger partial charge in [-0.15, -0.1) is 11.3 Å². The number of thiophene rings is 1. The molecule has 0 aromatic carbocycles. The van der Waals surface area contributed by atoms with Crippen molar-refractivity contribution in [3.05, 3.63) is 34.1 Å². The summed E-state index contributed by atoms with van der Waals surface area (Å²) in [5.74, 6) is -0.364. The number of halogens is 1. The number of hydrogen-bond donors (Lipinski definition) is 0. The van der Waals surface area contributed by atoms with Crippen LogP contribution in [0.1, 0.15) is 49.9 Å². The number of imide groups is 1. The molecule has 2 aromatic rings. The summed E-state index contributed by atoms with van der Waals surface area (Å²) in [4.78, 5) is 36.2. The van der Waals surface area contributed by atoms with Crippen LogP contribution in [0.4, 0.5) is 4.79 Å². The Kier molecular flexibility index (Phi) is 4.12. The number of fused-ring (bicyclic) bond motifs is 1. The Balaban J connectivity index is 1.99. The van der Waals surface area contributed by atoms with E-state index < -0.39 is 17.2 Å². The normalized spacial score (nSPS) is 16.1. The van der Waals surface area contributed by atoms with Crippen LogP contribution in [0.15, 0.2) is 18.3 Å². The second-order valence-corrected chi connectivity index (χ2v) is 8.63. The van der Waals surface area contributed by atoms with Gasteiger partial charge < -0.3 is 4.74 Å². The Morgan fingerprint density at radius 1 is 1.36 bits per heavy atom. The third-order valence-corrected chi connectivity index (χ3v) is 5.39. The van der Waals surface area contributed by atoms with Crippen LogP contribution < -0.4 is 0 Å². The molecule has 0 N–H and O–H groups in total. The van der Waals surface area contributed by atoms with Crippen LogP contribution in [0, 0.1) is 0 Å². The molecule has 25 heavy (non-hydrogen) atoms. The highest BCUT2D eigenvalue weighted by molar-refractivity contribution is 7.16. The van der Waals surface area contributed by atoms with Crippen LogP contribution in [0.2, 0.25) is 5.28 Å². The van der Waals surface area contributed by atoms with Crippen molar-refractivity contribution in [2.45, 2.75) is 45.8 Å². The van der Waals surface area contributed by atoms with Gasteiger partial charge in [-0.25, -0.2) is 19.7 Å². The van der Waals surface area contributed by atoms with Gasteiger partial charge in [0.25, 0.3) is 5.91 Å². The van der Waals surface area contributed by atoms with E-state index >= 15 is 0 Å². The zero-order valence-electron chi connectivity index (χ0n) is 14.6. The zero-order chi connectivity index (χ0) is 18.6. The minimum absolute atomic E-state index is 0.145. The Morgan fingerprint density at radius 3 is 2.60 bits per heavy atom. The second-order valence-electron chi connectivity index (χ2n) is 7.24. The van der Waals surface area contributed by atoms with Crippen molar-refractivity contribution in [3.63, 3.8) is 0 Å². The predicted molar refractivity (Wildman–Crippen MR) is 95.8 cm³/mol. The smallest absolute Gasteiger partial charge is 0.418 e. The molecule has 132 valence electrons. The molecule has 0 atom stereocenters. The molecule has 0 radical (unpaired) electrons. The average molecular weight is 380 g/mol. The molecule has 0 fully saturated rings. The number of carbonyl (C=O) groups is 2. The van der Waals surface area contributed by atoms with Crippen molar-refractivity contribution in [2.75, 3.05) is 0 Å². The van der Waals surface area contributed by atoms with Gasteiger partial charge in [-0.05, 0) is 58.4 Å². The maximum Gasteiger partial charge on any atom is 0.418 e. The molecular weight excluding hydrogens is 362 g/mol. The third kappa shape index (κ3) is 3.14. The summed E-state index contributed by atoms with van der Waals surface area (Å²) >= 11 is 7.26. The van der Waals surface area contributed by atoms with Crippen LogP contribution >= 0.6 is 22.9 Å². The van der Waals surface area contributed by atoms with E-state index in [1.165, 1.54) is 16.2 Å². The lowest BCUT2D eigenvalue weighted by Crippen LogP contribution is -2.46. The number of amides is 2. The van der Waals surface area contributed by atoms with E-state index in [1.807, 2.05) is 13.8 Å². The molecule has 2 amide bonds. The standard InChI is InChI=1S/C17H18ClN3O3S/c1-16(2,3)24-15(23)21-13(22)9-8-11(25-12(9)17(21,4)5)10-6-7-19-14(18)20-10/h6-8H,1-5H3. The van der Waals surface area contributed by atoms with Gasteiger partial charge in [0.1, 0.15) is 5.60 Å². The summed E-state index contributed by atoms with van der Waals surface area (Å²) < 4.78 is 5.39. The zero-order valence-corrected chi connectivity index (χ0v) is 16.2. The van der Waals surface area contributed by atoms with Crippen LogP contribution in [0.3, 0.4) is 0 Å². The van der Waals surface area contributed by atoms with Gasteiger partial charge in [0.05, 0.1) is 21.7 Å². The highest BCUT2D eigenvalue weighted by atomic mass is 35.5. The van der Waals surface area contributed by atoms with Crippen LogP contribution in [0.5, 0.6) is 0 Å². The van der Waals surface area contributed by atoms with E-state index in [-0.39, 0.29) is 11.2 Å². The van der Waals surface area contributed by atoms with E-state index in [0.29, 0.717) is 11.3 Å². The third-order valence-electron chi connectivity index (χ3n) is 3.73. The van der Waals surface area contributed by atoms with Crippen molar-refractivity contribution in [3.8, 4) is 10.6 Å². The first kappa shape index (κ1) is 17.8. The van der Waals surface area contributed by atoms with Crippen LogP contribution in [-0.4, -0.2) is 32.5 Å². The molecule has 0 saturated heterocycles. The Labute approximate surface area is 154 Å². The summed E-state index contributed by atoms with van der Waals surface area (Å²) in [5.41, 5.74) is -0.335. The molecule has 0 bridgehead atoms. The maximum atomic E-state index is 12.8. The van der Waals surface area contributed by atoms with Crippen molar-refractivity contribution in [1.82, 2.24) is 14.9 Å². The largest absolute Gasteiger partial charge is 0.443 e. The molecule has 3 heterocycles. The molecular formula is C17H18ClN3O3S. The monoisotopic (exact) mass is 379 g/mol. The number of rotatable bonds is 1. The molecule has 6 nitrogen and oxygen atoms in total. The van der Waals surface area contributed by atoms with Gasteiger partial charge in [0.2, 0.25) is 5.28 Å². The molecule has 0 aliphatic carbocycles. The number of carbonyl (C=O) groups excluding carboxylic acids is 2. The summed E-state index contributed by atoms with van der Waals surface area (Å²) in [7, 11) is 0. The lowest BCUT2D eigenvalue weighted by atomic mass is 10.0. The molecule has 3 rings (SSSR count). The fourth-order valence-corrected chi connectivity index (χ4v) is 4.06. The highest BCUT2D eigenvalue weighted by Crippen LogP contribution is 2.46. The van der Waals surface area contributed by atoms with Crippen molar-refractivity contribution >= 4 is 34.9 Å². The molecule has 2 aromatic heterocycles. The number of hydrogen-bond acceptors (Lipinski definition) is 6. The van der Waals surface area contributed by atoms with Crippen molar-refractivity contribution in [2.24, 2.45) is 0 Å². The minimum atomic E-state index is -0.797. The van der Waals surface area contributed by atoms with Gasteiger partial charge >= 0.3 is 6.09 Å². The van der Waals surface area contributed by atoms with Gasteiger partial charge in [-0.1, -0.05) is 0 Å². The molecule has 0 spiro atoms. The van der Waals surface area contributed by atoms with Gasteiger partial charge in [-0.3, -0.25) is 4.79 Å².